The molecular formula is C3H4N2O3S2. The van der Waals surface area contributed by atoms with E-state index in [1.165, 1.54) is 12.4 Å². The molecule has 0 bridgehead atoms. The van der Waals surface area contributed by atoms with Crippen LogP contribution < -0.4 is 0 Å². The van der Waals surface area contributed by atoms with Gasteiger partial charge in [0.15, 0.2) is 5.16 Å². The monoisotopic (exact) mass is 180 g/mol. The van der Waals surface area contributed by atoms with E-state index < -0.39 is 9.15 Å². The highest BCUT2D eigenvalue weighted by molar-refractivity contribution is 8.69. The van der Waals surface area contributed by atoms with Gasteiger partial charge in [-0.25, -0.2) is 4.98 Å². The molecule has 7 heteroatoms. The lowest BCUT2D eigenvalue weighted by Gasteiger charge is -1.88. The SMILES string of the molecule is O=S(=O)(O)Sc1ncc[nH]1. The quantitative estimate of drug-likeness (QED) is 0.505. The van der Waals surface area contributed by atoms with Crippen LogP contribution in [0.1, 0.15) is 0 Å². The van der Waals surface area contributed by atoms with Gasteiger partial charge in [0, 0.05) is 12.4 Å². The fourth-order valence-corrected chi connectivity index (χ4v) is 1.69. The van der Waals surface area contributed by atoms with Crippen molar-refractivity contribution in [3.63, 3.8) is 0 Å². The third-order valence-corrected chi connectivity index (χ3v) is 2.35. The molecule has 1 heterocycles. The summed E-state index contributed by atoms with van der Waals surface area (Å²) in [5.74, 6) is 0. The lowest BCUT2D eigenvalue weighted by molar-refractivity contribution is 0.503. The van der Waals surface area contributed by atoms with E-state index in [2.05, 4.69) is 9.97 Å². The van der Waals surface area contributed by atoms with Crippen LogP contribution in [0.2, 0.25) is 0 Å². The van der Waals surface area contributed by atoms with Crippen molar-refractivity contribution < 1.29 is 13.0 Å². The largest absolute Gasteiger partial charge is 0.339 e. The van der Waals surface area contributed by atoms with Crippen LogP contribution in [-0.4, -0.2) is 22.9 Å². The summed E-state index contributed by atoms with van der Waals surface area (Å²) in [5.41, 5.74) is 0. The second-order valence-corrected chi connectivity index (χ2v) is 4.58. The van der Waals surface area contributed by atoms with Crippen LogP contribution in [0, 0.1) is 0 Å². The molecule has 1 aromatic rings. The minimum atomic E-state index is -4.02. The maximum atomic E-state index is 10.2. The molecule has 0 aliphatic heterocycles. The van der Waals surface area contributed by atoms with E-state index in [4.69, 9.17) is 4.55 Å². The number of aromatic nitrogens is 2. The van der Waals surface area contributed by atoms with Gasteiger partial charge < -0.3 is 4.98 Å². The van der Waals surface area contributed by atoms with E-state index in [0.717, 1.165) is 0 Å². The third kappa shape index (κ3) is 2.38. The number of rotatable bonds is 2. The maximum absolute atomic E-state index is 10.2. The fraction of sp³-hybridized carbons (Fsp3) is 0. The minimum absolute atomic E-state index is 0.155. The Morgan fingerprint density at radius 3 is 2.80 bits per heavy atom. The Kier molecular flexibility index (Phi) is 1.97. The summed E-state index contributed by atoms with van der Waals surface area (Å²) in [6, 6.07) is 0. The van der Waals surface area contributed by atoms with E-state index in [1.807, 2.05) is 0 Å². The lowest BCUT2D eigenvalue weighted by Crippen LogP contribution is -1.89. The van der Waals surface area contributed by atoms with Gasteiger partial charge in [0.25, 0.3) is 0 Å². The van der Waals surface area contributed by atoms with Crippen molar-refractivity contribution in [2.75, 3.05) is 0 Å². The molecular weight excluding hydrogens is 176 g/mol. The first-order valence-electron chi connectivity index (χ1n) is 2.24. The van der Waals surface area contributed by atoms with Gasteiger partial charge in [0.1, 0.15) is 0 Å². The van der Waals surface area contributed by atoms with Gasteiger partial charge >= 0.3 is 9.15 Å². The summed E-state index contributed by atoms with van der Waals surface area (Å²) in [6.07, 6.45) is 2.86. The van der Waals surface area contributed by atoms with Crippen LogP contribution in [0.3, 0.4) is 0 Å². The Labute approximate surface area is 61.0 Å². The van der Waals surface area contributed by atoms with Crippen LogP contribution in [0.25, 0.3) is 0 Å². The Morgan fingerprint density at radius 2 is 2.40 bits per heavy atom. The molecule has 1 aromatic heterocycles. The predicted octanol–water partition coefficient (Wildman–Crippen LogP) is 0.305. The van der Waals surface area contributed by atoms with E-state index in [0.29, 0.717) is 0 Å². The van der Waals surface area contributed by atoms with Crippen molar-refractivity contribution in [3.8, 4) is 0 Å². The molecule has 0 aromatic carbocycles. The zero-order chi connectivity index (χ0) is 7.61. The average molecular weight is 180 g/mol. The molecule has 1 rings (SSSR count). The molecule has 0 saturated carbocycles. The van der Waals surface area contributed by atoms with Crippen molar-refractivity contribution in [3.05, 3.63) is 12.4 Å². The summed E-state index contributed by atoms with van der Waals surface area (Å²) in [5, 5.41) is 0.155. The Hall–Kier alpha value is -0.530. The molecule has 0 aliphatic rings. The first-order chi connectivity index (χ1) is 4.58. The first-order valence-corrected chi connectivity index (χ1v) is 5.01. The van der Waals surface area contributed by atoms with Gasteiger partial charge in [-0.15, -0.1) is 0 Å². The van der Waals surface area contributed by atoms with Crippen molar-refractivity contribution in [1.29, 1.82) is 0 Å². The normalized spacial score (nSPS) is 11.7. The molecule has 0 radical (unpaired) electrons. The zero-order valence-corrected chi connectivity index (χ0v) is 6.32. The van der Waals surface area contributed by atoms with Gasteiger partial charge in [0.2, 0.25) is 0 Å². The Balaban J connectivity index is 2.75. The van der Waals surface area contributed by atoms with Crippen LogP contribution in [0.4, 0.5) is 0 Å². The highest BCUT2D eigenvalue weighted by atomic mass is 33.1. The Bertz CT molecular complexity index is 290. The molecule has 2 N–H and O–H groups in total. The van der Waals surface area contributed by atoms with E-state index >= 15 is 0 Å². The van der Waals surface area contributed by atoms with Crippen LogP contribution in [0.15, 0.2) is 17.6 Å². The maximum Gasteiger partial charge on any atom is 0.327 e. The van der Waals surface area contributed by atoms with Gasteiger partial charge in [-0.1, -0.05) is 0 Å². The van der Waals surface area contributed by atoms with Gasteiger partial charge in [-0.3, -0.25) is 4.55 Å². The molecule has 0 spiro atoms. The standard InChI is InChI=1S/C3H4N2O3S2/c6-10(7,8)9-3-4-1-2-5-3/h1-2H,(H,4,5)(H,6,7,8). The summed E-state index contributed by atoms with van der Waals surface area (Å²) in [4.78, 5) is 6.08. The molecule has 0 saturated heterocycles. The topological polar surface area (TPSA) is 83.1 Å². The van der Waals surface area contributed by atoms with Gasteiger partial charge in [-0.2, -0.15) is 8.42 Å². The number of hydrogen-bond donors (Lipinski definition) is 2. The molecule has 0 unspecified atom stereocenters. The van der Waals surface area contributed by atoms with E-state index in [9.17, 15) is 8.42 Å². The fourth-order valence-electron chi connectivity index (χ4n) is 0.396. The number of aromatic amines is 1. The van der Waals surface area contributed by atoms with Gasteiger partial charge in [-0.05, 0) is 0 Å². The second-order valence-electron chi connectivity index (χ2n) is 1.41. The predicted molar refractivity (Wildman–Crippen MR) is 36.0 cm³/mol. The average Bonchev–Trinajstić information content (AvgIpc) is 2.12. The smallest absolute Gasteiger partial charge is 0.327 e. The molecule has 56 valence electrons. The highest BCUT2D eigenvalue weighted by Crippen LogP contribution is 2.17. The second kappa shape index (κ2) is 2.60. The minimum Gasteiger partial charge on any atom is -0.339 e. The zero-order valence-electron chi connectivity index (χ0n) is 4.68. The summed E-state index contributed by atoms with van der Waals surface area (Å²) in [7, 11) is -3.76. The van der Waals surface area contributed by atoms with Gasteiger partial charge in [0.05, 0.1) is 10.8 Å². The van der Waals surface area contributed by atoms with Crippen molar-refractivity contribution in [1.82, 2.24) is 9.97 Å². The van der Waals surface area contributed by atoms with Crippen molar-refractivity contribution in [2.45, 2.75) is 5.16 Å². The molecule has 0 aliphatic carbocycles. The van der Waals surface area contributed by atoms with Crippen LogP contribution in [-0.2, 0) is 9.15 Å². The van der Waals surface area contributed by atoms with Crippen LogP contribution >= 0.6 is 10.8 Å². The van der Waals surface area contributed by atoms with E-state index in [-0.39, 0.29) is 16.0 Å². The number of hydrogen-bond acceptors (Lipinski definition) is 4. The van der Waals surface area contributed by atoms with Crippen LogP contribution in [0.5, 0.6) is 0 Å². The number of nitrogens with zero attached hydrogens (tertiary/aromatic N) is 1. The highest BCUT2D eigenvalue weighted by Gasteiger charge is 2.08. The van der Waals surface area contributed by atoms with Crippen molar-refractivity contribution in [2.24, 2.45) is 0 Å². The number of nitrogens with one attached hydrogen (secondary N) is 1. The van der Waals surface area contributed by atoms with Crippen molar-refractivity contribution >= 4 is 19.9 Å². The Morgan fingerprint density at radius 1 is 1.70 bits per heavy atom. The van der Waals surface area contributed by atoms with E-state index in [1.54, 1.807) is 0 Å². The summed E-state index contributed by atoms with van der Waals surface area (Å²) < 4.78 is 28.6. The number of imidazole rings is 1. The lowest BCUT2D eigenvalue weighted by atomic mass is 11.0. The molecule has 5 nitrogen and oxygen atoms in total. The molecule has 10 heavy (non-hydrogen) atoms. The summed E-state index contributed by atoms with van der Waals surface area (Å²) in [6.45, 7) is 0. The number of H-pyrrole nitrogens is 1. The molecule has 0 atom stereocenters. The molecule has 0 amide bonds. The first kappa shape index (κ1) is 7.58. The third-order valence-electron chi connectivity index (χ3n) is 0.657. The summed E-state index contributed by atoms with van der Waals surface area (Å²) >= 11 is 0. The molecule has 0 fully saturated rings.